The Morgan fingerprint density at radius 2 is 1.81 bits per heavy atom. The second kappa shape index (κ2) is 24.9. The van der Waals surface area contributed by atoms with Crippen LogP contribution >= 0.6 is 0 Å². The minimum absolute atomic E-state index is 0.0175. The lowest BCUT2D eigenvalue weighted by Crippen LogP contribution is -2.62. The summed E-state index contributed by atoms with van der Waals surface area (Å²) in [5.41, 5.74) is 17.3. The number of aryl methyl sites for hydroxylation is 1. The lowest BCUT2D eigenvalue weighted by atomic mass is 9.84. The molecule has 5 aromatic rings. The molecule has 6 heterocycles. The summed E-state index contributed by atoms with van der Waals surface area (Å²) in [7, 11) is 3.25. The van der Waals surface area contributed by atoms with Gasteiger partial charge in [-0.25, -0.2) is 5.43 Å². The predicted octanol–water partition coefficient (Wildman–Crippen LogP) is 6.13. The van der Waals surface area contributed by atoms with E-state index in [4.69, 9.17) is 29.7 Å². The number of aliphatic hydroxyl groups is 1. The minimum Gasteiger partial charge on any atom is -0.508 e. The molecule has 18 nitrogen and oxygen atoms in total. The van der Waals surface area contributed by atoms with Gasteiger partial charge in [-0.3, -0.25) is 34.1 Å². The Balaban J connectivity index is 1.11. The van der Waals surface area contributed by atoms with Gasteiger partial charge in [0.15, 0.2) is 0 Å². The van der Waals surface area contributed by atoms with Gasteiger partial charge in [0.05, 0.1) is 56.5 Å². The zero-order valence-electron chi connectivity index (χ0n) is 47.4. The number of phenols is 1. The summed E-state index contributed by atoms with van der Waals surface area (Å²) in [4.78, 5) is 67.0. The quantitative estimate of drug-likeness (QED) is 0.0539. The van der Waals surface area contributed by atoms with Crippen LogP contribution in [0.4, 0.5) is 5.69 Å². The zero-order chi connectivity index (χ0) is 57.0. The number of aliphatic hydroxyl groups excluding tert-OH is 1. The van der Waals surface area contributed by atoms with Crippen molar-refractivity contribution in [3.8, 4) is 40.0 Å². The molecule has 80 heavy (non-hydrogen) atoms. The van der Waals surface area contributed by atoms with Gasteiger partial charge in [-0.05, 0) is 116 Å². The summed E-state index contributed by atoms with van der Waals surface area (Å²) < 4.78 is 26.1. The van der Waals surface area contributed by atoms with E-state index in [-0.39, 0.29) is 55.7 Å². The monoisotopic (exact) mass is 1090 g/mol. The average molecular weight is 1100 g/mol. The first-order valence-corrected chi connectivity index (χ1v) is 28.1. The molecule has 7 atom stereocenters. The highest BCUT2D eigenvalue weighted by Gasteiger charge is 2.42. The van der Waals surface area contributed by atoms with Crippen molar-refractivity contribution in [2.75, 3.05) is 72.6 Å². The second-order valence-electron chi connectivity index (χ2n) is 22.9. The van der Waals surface area contributed by atoms with Crippen LogP contribution in [0.2, 0.25) is 0 Å². The number of ether oxygens (including phenoxy) is 4. The molecule has 3 saturated heterocycles. The number of morpholine rings is 1. The highest BCUT2D eigenvalue weighted by Crippen LogP contribution is 2.43. The topological polar surface area (TPSA) is 223 Å². The first-order chi connectivity index (χ1) is 38.4. The second-order valence-corrected chi connectivity index (χ2v) is 22.9. The van der Waals surface area contributed by atoms with E-state index >= 15 is 0 Å². The van der Waals surface area contributed by atoms with Crippen molar-refractivity contribution in [1.82, 2.24) is 35.1 Å². The SMILES string of the molecule is CCn1c(-c2cc(C#CCN3CCOC[C@H]3CO)cnc2[C@H](C)OC)c2c3cc(ccc31)-c1cc(O)cc(c1)C[C@H](NC(=O)[C@H](C(C)C)N(C)C(=O)[C@@H]1OCC[C@@H]1c1ccc(N)cc1)C(=O)N1CCC[C@H](N1)C(=O)OCC(C)(C)C2. The average Bonchev–Trinajstić information content (AvgIpc) is 4.26. The van der Waals surface area contributed by atoms with E-state index in [0.29, 0.717) is 87.5 Å². The highest BCUT2D eigenvalue weighted by atomic mass is 16.5. The number of aromatic nitrogens is 2. The predicted molar refractivity (Wildman–Crippen MR) is 305 cm³/mol. The first kappa shape index (κ1) is 57.8. The Morgan fingerprint density at radius 1 is 1.02 bits per heavy atom. The maximum absolute atomic E-state index is 15.0. The highest BCUT2D eigenvalue weighted by molar-refractivity contribution is 5.96. The number of aromatic hydroxyl groups is 1. The van der Waals surface area contributed by atoms with Gasteiger partial charge in [-0.2, -0.15) is 0 Å². The Hall–Kier alpha value is -6.85. The number of fused-ring (bicyclic) bond motifs is 6. The molecule has 4 aliphatic heterocycles. The number of anilines is 1. The van der Waals surface area contributed by atoms with E-state index in [1.165, 1.54) is 9.91 Å². The Morgan fingerprint density at radius 3 is 2.55 bits per heavy atom. The third-order valence-electron chi connectivity index (χ3n) is 16.2. The maximum atomic E-state index is 15.0. The summed E-state index contributed by atoms with van der Waals surface area (Å²) in [6, 6.07) is 17.7. The number of benzene rings is 3. The molecular weight excluding hydrogens is 1020 g/mol. The number of carbonyl (C=O) groups excluding carboxylic acids is 4. The number of rotatable bonds is 12. The summed E-state index contributed by atoms with van der Waals surface area (Å²) >= 11 is 0. The van der Waals surface area contributed by atoms with Crippen LogP contribution in [0.3, 0.4) is 0 Å². The number of hydrogen-bond acceptors (Lipinski definition) is 14. The van der Waals surface area contributed by atoms with Crippen LogP contribution in [0.1, 0.15) is 101 Å². The largest absolute Gasteiger partial charge is 0.508 e. The Kier molecular flexibility index (Phi) is 18.0. The van der Waals surface area contributed by atoms with Crippen LogP contribution in [0.25, 0.3) is 33.3 Å². The van der Waals surface area contributed by atoms with Crippen LogP contribution in [0, 0.1) is 23.2 Å². The van der Waals surface area contributed by atoms with Crippen molar-refractivity contribution in [2.45, 2.75) is 122 Å². The number of amides is 3. The van der Waals surface area contributed by atoms with Crippen molar-refractivity contribution >= 4 is 40.3 Å². The van der Waals surface area contributed by atoms with Gasteiger partial charge in [0, 0.05) is 92.1 Å². The number of likely N-dealkylation sites (N-methyl/N-ethyl adjacent to an activating group) is 1. The van der Waals surface area contributed by atoms with Crippen LogP contribution in [0.5, 0.6) is 5.75 Å². The van der Waals surface area contributed by atoms with E-state index in [0.717, 1.165) is 44.5 Å². The van der Waals surface area contributed by atoms with Crippen molar-refractivity contribution < 1.29 is 48.3 Å². The molecule has 3 fully saturated rings. The number of methoxy groups -OCH3 is 1. The van der Waals surface area contributed by atoms with E-state index in [9.17, 15) is 29.4 Å². The van der Waals surface area contributed by atoms with E-state index in [2.05, 4.69) is 71.0 Å². The number of esters is 1. The van der Waals surface area contributed by atoms with Gasteiger partial charge in [-0.15, -0.1) is 0 Å². The van der Waals surface area contributed by atoms with Crippen molar-refractivity contribution in [2.24, 2.45) is 11.3 Å². The van der Waals surface area contributed by atoms with Gasteiger partial charge in [0.25, 0.3) is 11.8 Å². The number of nitrogen functional groups attached to an aromatic ring is 1. The number of pyridine rings is 1. The van der Waals surface area contributed by atoms with Crippen molar-refractivity contribution in [3.63, 3.8) is 0 Å². The van der Waals surface area contributed by atoms with Crippen LogP contribution in [0.15, 0.2) is 72.9 Å². The summed E-state index contributed by atoms with van der Waals surface area (Å²) in [5.74, 6) is 4.15. The first-order valence-electron chi connectivity index (χ1n) is 28.1. The van der Waals surface area contributed by atoms with Crippen LogP contribution in [-0.2, 0) is 57.5 Å². The summed E-state index contributed by atoms with van der Waals surface area (Å²) in [5, 5.41) is 26.9. The molecule has 18 heteroatoms. The van der Waals surface area contributed by atoms with Crippen molar-refractivity contribution in [1.29, 1.82) is 0 Å². The van der Waals surface area contributed by atoms with Gasteiger partial charge >= 0.3 is 5.97 Å². The molecule has 0 aliphatic carbocycles. The molecule has 6 bridgehead atoms. The molecular formula is C62H78N8O10. The summed E-state index contributed by atoms with van der Waals surface area (Å²) in [6.07, 6.45) is 2.51. The maximum Gasteiger partial charge on any atom is 0.324 e. The van der Waals surface area contributed by atoms with E-state index in [1.54, 1.807) is 44.6 Å². The molecule has 0 unspecified atom stereocenters. The molecule has 0 radical (unpaired) electrons. The number of phenolic OH excluding ortho intramolecular Hbond substituents is 1. The fourth-order valence-corrected chi connectivity index (χ4v) is 11.9. The minimum atomic E-state index is -1.20. The number of hydrazine groups is 1. The van der Waals surface area contributed by atoms with Gasteiger partial charge in [0.1, 0.15) is 30.0 Å². The van der Waals surface area contributed by atoms with Crippen LogP contribution in [-0.4, -0.2) is 155 Å². The third kappa shape index (κ3) is 12.5. The Bertz CT molecular complexity index is 3150. The fourth-order valence-electron chi connectivity index (χ4n) is 11.9. The summed E-state index contributed by atoms with van der Waals surface area (Å²) in [6.45, 7) is 15.3. The smallest absolute Gasteiger partial charge is 0.324 e. The molecule has 6 N–H and O–H groups in total. The number of hydrogen-bond donors (Lipinski definition) is 5. The lowest BCUT2D eigenvalue weighted by Gasteiger charge is -2.37. The van der Waals surface area contributed by atoms with Crippen LogP contribution < -0.4 is 16.5 Å². The number of carbonyl (C=O) groups is 4. The molecule has 3 amide bonds. The van der Waals surface area contributed by atoms with E-state index in [1.807, 2.05) is 45.0 Å². The number of cyclic esters (lactones) is 1. The number of nitrogens with two attached hydrogens (primary N) is 1. The molecule has 0 saturated carbocycles. The molecule has 4 aliphatic rings. The van der Waals surface area contributed by atoms with Gasteiger partial charge in [-0.1, -0.05) is 63.8 Å². The molecule has 2 aromatic heterocycles. The Labute approximate surface area is 469 Å². The zero-order valence-corrected chi connectivity index (χ0v) is 47.4. The standard InChI is InChI=1S/C62H78N8O10/c1-9-69-53-19-16-42-31-48(53)50(56(69)49-28-39(33-64-54(49)38(4)77-8)12-10-21-68-23-25-78-35-45(68)34-71)32-62(5,6)36-80-61(76)51-13-11-22-70(66-51)59(74)52(29-40-26-43(42)30-46(72)27-40)65-58(73)55(37(2)3)67(7)60(75)57-47(20-24-79-57)41-14-17-44(63)18-15-41/h14-19,26-28,30-31,33,37-38,45,47,51-52,55,57,66,71-72H,9,11,13,20-25,29,32,34-36,63H2,1-8H3,(H,65,73)/t38-,45+,47+,51-,52-,55-,57+/m0/s1. The van der Waals surface area contributed by atoms with Crippen molar-refractivity contribution in [3.05, 3.63) is 101 Å². The number of nitrogens with one attached hydrogen (secondary N) is 2. The van der Waals surface area contributed by atoms with Gasteiger partial charge in [0.2, 0.25) is 5.91 Å². The lowest BCUT2D eigenvalue weighted by molar-refractivity contribution is -0.155. The molecule has 9 rings (SSSR count). The normalized spacial score (nSPS) is 22.5. The van der Waals surface area contributed by atoms with E-state index < -0.39 is 53.5 Å². The van der Waals surface area contributed by atoms with Gasteiger partial charge < -0.3 is 49.7 Å². The fraction of sp³-hybridized carbons (Fsp3) is 0.500. The number of nitrogens with zero attached hydrogens (tertiary/aromatic N) is 5. The molecule has 426 valence electrons. The molecule has 3 aromatic carbocycles. The molecule has 0 spiro atoms. The third-order valence-corrected chi connectivity index (χ3v) is 16.2.